The lowest BCUT2D eigenvalue weighted by Gasteiger charge is -2.10. The number of amides is 2. The second-order valence-electron chi connectivity index (χ2n) is 4.92. The van der Waals surface area contributed by atoms with Crippen LogP contribution in [0.15, 0.2) is 47.6 Å². The van der Waals surface area contributed by atoms with Crippen molar-refractivity contribution in [1.82, 2.24) is 10.9 Å². The Morgan fingerprint density at radius 3 is 2.35 bits per heavy atom. The van der Waals surface area contributed by atoms with E-state index in [1.807, 2.05) is 5.43 Å². The lowest BCUT2D eigenvalue weighted by Crippen LogP contribution is -2.22. The van der Waals surface area contributed by atoms with Crippen molar-refractivity contribution in [3.63, 3.8) is 0 Å². The molecule has 0 bridgehead atoms. The van der Waals surface area contributed by atoms with Gasteiger partial charge in [0.1, 0.15) is 5.82 Å². The van der Waals surface area contributed by atoms with Crippen LogP contribution >= 0.6 is 0 Å². The number of alkyl halides is 3. The van der Waals surface area contributed by atoms with Gasteiger partial charge in [-0.25, -0.2) is 15.3 Å². The van der Waals surface area contributed by atoms with Crippen LogP contribution in [0.4, 0.5) is 17.6 Å². The Morgan fingerprint density at radius 1 is 1.04 bits per heavy atom. The lowest BCUT2D eigenvalue weighted by molar-refractivity contribution is -0.137. The molecule has 136 valence electrons. The van der Waals surface area contributed by atoms with E-state index in [-0.39, 0.29) is 5.56 Å². The summed E-state index contributed by atoms with van der Waals surface area (Å²) in [5, 5.41) is 11.9. The lowest BCUT2D eigenvalue weighted by atomic mass is 10.1. The highest BCUT2D eigenvalue weighted by molar-refractivity contribution is 5.97. The molecule has 0 spiro atoms. The molecule has 2 amide bonds. The van der Waals surface area contributed by atoms with Gasteiger partial charge in [-0.2, -0.15) is 18.3 Å². The molecule has 0 radical (unpaired) electrons. The van der Waals surface area contributed by atoms with Crippen LogP contribution < -0.4 is 10.9 Å². The number of nitrogens with zero attached hydrogens (tertiary/aromatic N) is 1. The van der Waals surface area contributed by atoms with Crippen molar-refractivity contribution in [2.24, 2.45) is 5.10 Å². The van der Waals surface area contributed by atoms with Gasteiger partial charge in [-0.1, -0.05) is 18.2 Å². The summed E-state index contributed by atoms with van der Waals surface area (Å²) in [5.74, 6) is -3.11. The highest BCUT2D eigenvalue weighted by atomic mass is 19.4. The molecule has 6 nitrogen and oxygen atoms in total. The summed E-state index contributed by atoms with van der Waals surface area (Å²) in [5.41, 5.74) is 1.17. The number of halogens is 4. The third-order valence-corrected chi connectivity index (χ3v) is 3.20. The molecular formula is C16H11F4N3O3. The fourth-order valence-electron chi connectivity index (χ4n) is 2.01. The normalized spacial score (nSPS) is 11.4. The predicted octanol–water partition coefficient (Wildman–Crippen LogP) is 2.73. The maximum absolute atomic E-state index is 13.7. The van der Waals surface area contributed by atoms with Gasteiger partial charge in [0, 0.05) is 0 Å². The first kappa shape index (κ1) is 19.1. The molecule has 2 aromatic rings. The van der Waals surface area contributed by atoms with Crippen LogP contribution in [0, 0.1) is 5.82 Å². The quantitative estimate of drug-likeness (QED) is 0.335. The van der Waals surface area contributed by atoms with E-state index in [0.717, 1.165) is 36.5 Å². The van der Waals surface area contributed by atoms with Crippen molar-refractivity contribution in [1.29, 1.82) is 0 Å². The molecule has 0 atom stereocenters. The number of carbonyl (C=O) groups excluding carboxylic acids is 2. The van der Waals surface area contributed by atoms with Crippen molar-refractivity contribution in [2.45, 2.75) is 6.18 Å². The average Bonchev–Trinajstić information content (AvgIpc) is 2.60. The standard InChI is InChI=1S/C16H11F4N3O3/c17-13-7-9(5-6-11(13)15(25)23-26)8-21-22-14(24)10-3-1-2-4-12(10)16(18,19)20/h1-8,26H,(H,22,24)(H,23,25). The third-order valence-electron chi connectivity index (χ3n) is 3.20. The molecule has 0 aliphatic heterocycles. The van der Waals surface area contributed by atoms with Crippen molar-refractivity contribution in [3.05, 3.63) is 70.5 Å². The van der Waals surface area contributed by atoms with E-state index >= 15 is 0 Å². The van der Waals surface area contributed by atoms with Gasteiger partial charge in [-0.3, -0.25) is 14.8 Å². The molecule has 0 aliphatic rings. The van der Waals surface area contributed by atoms with Crippen molar-refractivity contribution in [2.75, 3.05) is 0 Å². The van der Waals surface area contributed by atoms with Gasteiger partial charge in [-0.15, -0.1) is 0 Å². The van der Waals surface area contributed by atoms with Gasteiger partial charge in [0.2, 0.25) is 0 Å². The predicted molar refractivity (Wildman–Crippen MR) is 82.2 cm³/mol. The molecule has 26 heavy (non-hydrogen) atoms. The van der Waals surface area contributed by atoms with E-state index in [1.165, 1.54) is 17.6 Å². The van der Waals surface area contributed by atoms with Gasteiger partial charge in [0.15, 0.2) is 0 Å². The fourth-order valence-corrected chi connectivity index (χ4v) is 2.01. The smallest absolute Gasteiger partial charge is 0.288 e. The van der Waals surface area contributed by atoms with Crippen LogP contribution in [0.1, 0.15) is 31.8 Å². The van der Waals surface area contributed by atoms with Crippen molar-refractivity contribution in [3.8, 4) is 0 Å². The first-order valence-electron chi connectivity index (χ1n) is 6.97. The molecule has 0 fully saturated rings. The van der Waals surface area contributed by atoms with E-state index < -0.39 is 40.5 Å². The number of rotatable bonds is 4. The molecular weight excluding hydrogens is 358 g/mol. The number of hydroxylamine groups is 1. The summed E-state index contributed by atoms with van der Waals surface area (Å²) < 4.78 is 52.3. The summed E-state index contributed by atoms with van der Waals surface area (Å²) in [7, 11) is 0. The minimum Gasteiger partial charge on any atom is -0.288 e. The Kier molecular flexibility index (Phi) is 5.68. The van der Waals surface area contributed by atoms with Crippen molar-refractivity contribution >= 4 is 18.0 Å². The summed E-state index contributed by atoms with van der Waals surface area (Å²) in [6.07, 6.45) is -3.72. The van der Waals surface area contributed by atoms with Crippen LogP contribution in [0.25, 0.3) is 0 Å². The van der Waals surface area contributed by atoms with Gasteiger partial charge in [-0.05, 0) is 29.8 Å². The molecule has 0 saturated carbocycles. The Labute approximate surface area is 144 Å². The minimum atomic E-state index is -4.70. The number of hydrogen-bond donors (Lipinski definition) is 3. The Bertz CT molecular complexity index is 866. The number of carbonyl (C=O) groups is 2. The molecule has 10 heteroatoms. The minimum absolute atomic E-state index is 0.126. The molecule has 0 saturated heterocycles. The maximum atomic E-state index is 13.7. The molecule has 0 unspecified atom stereocenters. The van der Waals surface area contributed by atoms with E-state index in [4.69, 9.17) is 5.21 Å². The Hall–Kier alpha value is -3.27. The zero-order chi connectivity index (χ0) is 19.3. The van der Waals surface area contributed by atoms with Crippen LogP contribution in [-0.2, 0) is 6.18 Å². The van der Waals surface area contributed by atoms with E-state index in [2.05, 4.69) is 5.10 Å². The monoisotopic (exact) mass is 369 g/mol. The first-order valence-corrected chi connectivity index (χ1v) is 6.97. The fraction of sp³-hybridized carbons (Fsp3) is 0.0625. The van der Waals surface area contributed by atoms with Crippen LogP contribution in [-0.4, -0.2) is 23.2 Å². The summed E-state index contributed by atoms with van der Waals surface area (Å²) in [6.45, 7) is 0. The van der Waals surface area contributed by atoms with Gasteiger partial charge in [0.05, 0.1) is 22.9 Å². The Balaban J connectivity index is 2.13. The van der Waals surface area contributed by atoms with Crippen LogP contribution in [0.2, 0.25) is 0 Å². The highest BCUT2D eigenvalue weighted by Gasteiger charge is 2.34. The number of nitrogens with one attached hydrogen (secondary N) is 2. The topological polar surface area (TPSA) is 90.8 Å². The van der Waals surface area contributed by atoms with Crippen LogP contribution in [0.5, 0.6) is 0 Å². The van der Waals surface area contributed by atoms with Crippen LogP contribution in [0.3, 0.4) is 0 Å². The molecule has 0 aromatic heterocycles. The second-order valence-corrected chi connectivity index (χ2v) is 4.92. The first-order chi connectivity index (χ1) is 12.2. The second kappa shape index (κ2) is 7.74. The summed E-state index contributed by atoms with van der Waals surface area (Å²) >= 11 is 0. The zero-order valence-corrected chi connectivity index (χ0v) is 12.8. The average molecular weight is 369 g/mol. The Morgan fingerprint density at radius 2 is 1.73 bits per heavy atom. The SMILES string of the molecule is O=C(NO)c1ccc(C=NNC(=O)c2ccccc2C(F)(F)F)cc1F. The number of benzene rings is 2. The molecule has 2 rings (SSSR count). The summed E-state index contributed by atoms with van der Waals surface area (Å²) in [6, 6.07) is 7.39. The van der Waals surface area contributed by atoms with E-state index in [1.54, 1.807) is 0 Å². The van der Waals surface area contributed by atoms with Gasteiger partial charge >= 0.3 is 6.18 Å². The number of hydrogen-bond acceptors (Lipinski definition) is 4. The van der Waals surface area contributed by atoms with E-state index in [9.17, 15) is 27.2 Å². The van der Waals surface area contributed by atoms with Gasteiger partial charge < -0.3 is 0 Å². The maximum Gasteiger partial charge on any atom is 0.417 e. The summed E-state index contributed by atoms with van der Waals surface area (Å²) in [4.78, 5) is 23.0. The van der Waals surface area contributed by atoms with E-state index in [0.29, 0.717) is 0 Å². The molecule has 0 aliphatic carbocycles. The van der Waals surface area contributed by atoms with Crippen molar-refractivity contribution < 1.29 is 32.4 Å². The number of hydrazone groups is 1. The largest absolute Gasteiger partial charge is 0.417 e. The molecule has 3 N–H and O–H groups in total. The van der Waals surface area contributed by atoms with Gasteiger partial charge in [0.25, 0.3) is 11.8 Å². The third kappa shape index (κ3) is 4.42. The molecule has 2 aromatic carbocycles. The molecule has 0 heterocycles. The highest BCUT2D eigenvalue weighted by Crippen LogP contribution is 2.31. The zero-order valence-electron chi connectivity index (χ0n) is 12.8.